The Kier molecular flexibility index (Phi) is 3.48. The molecule has 0 unspecified atom stereocenters. The summed E-state index contributed by atoms with van der Waals surface area (Å²) in [6, 6.07) is 7.48. The van der Waals surface area contributed by atoms with Gasteiger partial charge in [0.05, 0.1) is 0 Å². The zero-order chi connectivity index (χ0) is 10.6. The van der Waals surface area contributed by atoms with Gasteiger partial charge in [-0.2, -0.15) is 0 Å². The summed E-state index contributed by atoms with van der Waals surface area (Å²) in [6.45, 7) is 1.96. The number of likely N-dealkylation sites (N-methyl/N-ethyl adjacent to an activating group) is 1. The van der Waals surface area contributed by atoms with Crippen LogP contribution in [0.5, 0.6) is 5.75 Å². The van der Waals surface area contributed by atoms with E-state index in [0.717, 1.165) is 10.6 Å². The van der Waals surface area contributed by atoms with Crippen molar-refractivity contribution in [3.63, 3.8) is 0 Å². The zero-order valence-corrected chi connectivity index (χ0v) is 8.36. The third-order valence-electron chi connectivity index (χ3n) is 1.78. The highest BCUT2D eigenvalue weighted by atomic mass is 16.5. The smallest absolute Gasteiger partial charge is 0.274 e. The molecule has 0 atom stereocenters. The van der Waals surface area contributed by atoms with Gasteiger partial charge in [-0.25, -0.2) is 5.84 Å². The van der Waals surface area contributed by atoms with Gasteiger partial charge in [0.25, 0.3) is 5.91 Å². The Hall–Kier alpha value is -1.55. The van der Waals surface area contributed by atoms with Crippen LogP contribution in [0, 0.1) is 6.92 Å². The quantitative estimate of drug-likeness (QED) is 0.438. The third kappa shape index (κ3) is 3.06. The van der Waals surface area contributed by atoms with E-state index in [1.54, 1.807) is 0 Å². The van der Waals surface area contributed by atoms with E-state index in [1.165, 1.54) is 7.05 Å². The molecule has 1 amide bonds. The van der Waals surface area contributed by atoms with Crippen LogP contribution in [-0.4, -0.2) is 24.6 Å². The van der Waals surface area contributed by atoms with Gasteiger partial charge in [0.15, 0.2) is 6.61 Å². The van der Waals surface area contributed by atoms with E-state index in [2.05, 4.69) is 0 Å². The minimum atomic E-state index is -0.259. The molecule has 0 aromatic heterocycles. The van der Waals surface area contributed by atoms with Crippen LogP contribution < -0.4 is 10.6 Å². The number of hydrogen-bond acceptors (Lipinski definition) is 3. The van der Waals surface area contributed by atoms with Crippen molar-refractivity contribution in [3.05, 3.63) is 29.8 Å². The van der Waals surface area contributed by atoms with E-state index in [1.807, 2.05) is 31.2 Å². The molecule has 0 saturated heterocycles. The van der Waals surface area contributed by atoms with Gasteiger partial charge in [-0.15, -0.1) is 0 Å². The summed E-state index contributed by atoms with van der Waals surface area (Å²) in [5.74, 6) is 5.64. The normalized spacial score (nSPS) is 9.64. The zero-order valence-electron chi connectivity index (χ0n) is 8.36. The predicted molar refractivity (Wildman–Crippen MR) is 53.6 cm³/mol. The lowest BCUT2D eigenvalue weighted by Crippen LogP contribution is -2.36. The van der Waals surface area contributed by atoms with Crippen LogP contribution in [0.15, 0.2) is 24.3 Å². The van der Waals surface area contributed by atoms with E-state index in [0.29, 0.717) is 5.75 Å². The maximum Gasteiger partial charge on any atom is 0.274 e. The molecule has 0 fully saturated rings. The number of aryl methyl sites for hydroxylation is 1. The molecule has 2 N–H and O–H groups in total. The van der Waals surface area contributed by atoms with Gasteiger partial charge in [-0.3, -0.25) is 9.80 Å². The van der Waals surface area contributed by atoms with Crippen LogP contribution in [0.3, 0.4) is 0 Å². The summed E-state index contributed by atoms with van der Waals surface area (Å²) in [6.07, 6.45) is 0. The lowest BCUT2D eigenvalue weighted by atomic mass is 10.2. The molecule has 4 heteroatoms. The molecule has 4 nitrogen and oxygen atoms in total. The first-order valence-electron chi connectivity index (χ1n) is 4.30. The van der Waals surface area contributed by atoms with Gasteiger partial charge >= 0.3 is 0 Å². The van der Waals surface area contributed by atoms with Gasteiger partial charge in [-0.1, -0.05) is 17.7 Å². The maximum absolute atomic E-state index is 11.1. The molecular weight excluding hydrogens is 180 g/mol. The third-order valence-corrected chi connectivity index (χ3v) is 1.78. The second kappa shape index (κ2) is 4.62. The number of nitrogens with two attached hydrogens (primary N) is 1. The molecule has 76 valence electrons. The fraction of sp³-hybridized carbons (Fsp3) is 0.300. The predicted octanol–water partition coefficient (Wildman–Crippen LogP) is 0.706. The van der Waals surface area contributed by atoms with Crippen LogP contribution >= 0.6 is 0 Å². The topological polar surface area (TPSA) is 55.6 Å². The standard InChI is InChI=1S/C10H14N2O2/c1-8-3-5-9(6-4-8)14-7-10(13)12(2)11/h3-6H,7,11H2,1-2H3. The summed E-state index contributed by atoms with van der Waals surface area (Å²) in [5, 5.41) is 1.01. The molecule has 14 heavy (non-hydrogen) atoms. The monoisotopic (exact) mass is 194 g/mol. The highest BCUT2D eigenvalue weighted by Gasteiger charge is 2.04. The molecule has 0 spiro atoms. The van der Waals surface area contributed by atoms with Crippen LogP contribution in [-0.2, 0) is 4.79 Å². The van der Waals surface area contributed by atoms with Gasteiger partial charge in [0.2, 0.25) is 0 Å². The molecule has 0 heterocycles. The van der Waals surface area contributed by atoms with Gasteiger partial charge < -0.3 is 4.74 Å². The van der Waals surface area contributed by atoms with E-state index in [9.17, 15) is 4.79 Å². The molecule has 0 aliphatic carbocycles. The Bertz CT molecular complexity index is 306. The average Bonchev–Trinajstić information content (AvgIpc) is 2.16. The second-order valence-corrected chi connectivity index (χ2v) is 3.11. The second-order valence-electron chi connectivity index (χ2n) is 3.11. The molecule has 0 saturated carbocycles. The Morgan fingerprint density at radius 2 is 2.00 bits per heavy atom. The number of hydrazine groups is 1. The Balaban J connectivity index is 2.46. The molecular formula is C10H14N2O2. The SMILES string of the molecule is Cc1ccc(OCC(=O)N(C)N)cc1. The van der Waals surface area contributed by atoms with Crippen molar-refractivity contribution in [2.75, 3.05) is 13.7 Å². The van der Waals surface area contributed by atoms with E-state index in [4.69, 9.17) is 10.6 Å². The van der Waals surface area contributed by atoms with Crippen molar-refractivity contribution in [1.82, 2.24) is 5.01 Å². The first-order valence-corrected chi connectivity index (χ1v) is 4.30. The van der Waals surface area contributed by atoms with Crippen molar-refractivity contribution in [2.45, 2.75) is 6.92 Å². The Morgan fingerprint density at radius 1 is 1.43 bits per heavy atom. The van der Waals surface area contributed by atoms with Crippen molar-refractivity contribution in [1.29, 1.82) is 0 Å². The van der Waals surface area contributed by atoms with Crippen LogP contribution in [0.2, 0.25) is 0 Å². The summed E-state index contributed by atoms with van der Waals surface area (Å²) < 4.78 is 5.21. The van der Waals surface area contributed by atoms with Crippen molar-refractivity contribution in [2.24, 2.45) is 5.84 Å². The van der Waals surface area contributed by atoms with Crippen LogP contribution in [0.25, 0.3) is 0 Å². The maximum atomic E-state index is 11.1. The van der Waals surface area contributed by atoms with Crippen LogP contribution in [0.4, 0.5) is 0 Å². The van der Waals surface area contributed by atoms with Gasteiger partial charge in [-0.05, 0) is 19.1 Å². The number of nitrogens with zero attached hydrogens (tertiary/aromatic N) is 1. The molecule has 0 aliphatic rings. The highest BCUT2D eigenvalue weighted by Crippen LogP contribution is 2.10. The van der Waals surface area contributed by atoms with Crippen molar-refractivity contribution in [3.8, 4) is 5.75 Å². The summed E-state index contributed by atoms with van der Waals surface area (Å²) >= 11 is 0. The number of benzene rings is 1. The number of amides is 1. The van der Waals surface area contributed by atoms with Gasteiger partial charge in [0, 0.05) is 7.05 Å². The number of ether oxygens (including phenoxy) is 1. The molecule has 0 bridgehead atoms. The van der Waals surface area contributed by atoms with E-state index < -0.39 is 0 Å². The van der Waals surface area contributed by atoms with Gasteiger partial charge in [0.1, 0.15) is 5.75 Å². The Labute approximate surface area is 83.2 Å². The number of carbonyl (C=O) groups excluding carboxylic acids is 1. The molecule has 1 aromatic carbocycles. The van der Waals surface area contributed by atoms with Crippen LogP contribution in [0.1, 0.15) is 5.56 Å². The highest BCUT2D eigenvalue weighted by molar-refractivity contribution is 5.76. The van der Waals surface area contributed by atoms with E-state index in [-0.39, 0.29) is 12.5 Å². The molecule has 1 rings (SSSR count). The van der Waals surface area contributed by atoms with Crippen molar-refractivity contribution < 1.29 is 9.53 Å². The van der Waals surface area contributed by atoms with E-state index >= 15 is 0 Å². The van der Waals surface area contributed by atoms with Crippen molar-refractivity contribution >= 4 is 5.91 Å². The fourth-order valence-electron chi connectivity index (χ4n) is 0.881. The number of rotatable bonds is 3. The lowest BCUT2D eigenvalue weighted by Gasteiger charge is -2.10. The summed E-state index contributed by atoms with van der Waals surface area (Å²) in [7, 11) is 1.49. The first kappa shape index (κ1) is 10.5. The number of carbonyl (C=O) groups is 1. The minimum Gasteiger partial charge on any atom is -0.484 e. The Morgan fingerprint density at radius 3 is 2.50 bits per heavy atom. The first-order chi connectivity index (χ1) is 6.59. The fourth-order valence-corrected chi connectivity index (χ4v) is 0.881. The number of hydrogen-bond donors (Lipinski definition) is 1. The summed E-state index contributed by atoms with van der Waals surface area (Å²) in [5.41, 5.74) is 1.15. The largest absolute Gasteiger partial charge is 0.484 e. The molecule has 0 aliphatic heterocycles. The molecule has 1 aromatic rings. The average molecular weight is 194 g/mol. The molecule has 0 radical (unpaired) electrons. The summed E-state index contributed by atoms with van der Waals surface area (Å²) in [4.78, 5) is 11.1. The lowest BCUT2D eigenvalue weighted by molar-refractivity contribution is -0.132. The minimum absolute atomic E-state index is 0.0317.